The van der Waals surface area contributed by atoms with Gasteiger partial charge in [-0.1, -0.05) is 0 Å². The second kappa shape index (κ2) is 10.1. The van der Waals surface area contributed by atoms with E-state index in [9.17, 15) is 9.59 Å². The lowest BCUT2D eigenvalue weighted by molar-refractivity contribution is -0.127. The fourth-order valence-corrected chi connectivity index (χ4v) is 1.59. The second-order valence-electron chi connectivity index (χ2n) is 4.91. The Balaban J connectivity index is 2.36. The minimum Gasteiger partial charge on any atom is -0.357 e. The molecule has 0 saturated carbocycles. The van der Waals surface area contributed by atoms with E-state index >= 15 is 0 Å². The number of aliphatic imine (C=N–C) groups is 1. The summed E-state index contributed by atoms with van der Waals surface area (Å²) in [5.41, 5.74) is 0.518. The number of likely N-dealkylation sites (N-methyl/N-ethyl adjacent to an activating group) is 1. The molecule has 0 aromatic carbocycles. The van der Waals surface area contributed by atoms with Crippen LogP contribution in [0.2, 0.25) is 0 Å². The quantitative estimate of drug-likeness (QED) is 0.356. The number of nitrogens with zero attached hydrogens (tertiary/aromatic N) is 3. The number of hydrogen-bond donors (Lipinski definition) is 3. The normalized spacial score (nSPS) is 10.8. The van der Waals surface area contributed by atoms with Gasteiger partial charge in [-0.2, -0.15) is 0 Å². The van der Waals surface area contributed by atoms with Crippen molar-refractivity contribution in [2.45, 2.75) is 6.92 Å². The van der Waals surface area contributed by atoms with Gasteiger partial charge in [0.25, 0.3) is 5.91 Å². The van der Waals surface area contributed by atoms with Gasteiger partial charge in [-0.05, 0) is 19.1 Å². The fourth-order valence-electron chi connectivity index (χ4n) is 1.59. The van der Waals surface area contributed by atoms with Crippen molar-refractivity contribution in [1.82, 2.24) is 25.8 Å². The highest BCUT2D eigenvalue weighted by Crippen LogP contribution is 1.94. The first kappa shape index (κ1) is 18.4. The molecule has 1 aromatic heterocycles. The van der Waals surface area contributed by atoms with Crippen LogP contribution in [0.5, 0.6) is 0 Å². The molecule has 2 amide bonds. The van der Waals surface area contributed by atoms with E-state index in [4.69, 9.17) is 0 Å². The lowest BCUT2D eigenvalue weighted by atomic mass is 10.3. The van der Waals surface area contributed by atoms with Crippen LogP contribution in [0.3, 0.4) is 0 Å². The number of guanidine groups is 1. The molecule has 1 heterocycles. The van der Waals surface area contributed by atoms with E-state index in [1.165, 1.54) is 11.1 Å². The van der Waals surface area contributed by atoms with Crippen LogP contribution < -0.4 is 16.0 Å². The maximum Gasteiger partial charge on any atom is 0.252 e. The highest BCUT2D eigenvalue weighted by Gasteiger charge is 2.05. The Morgan fingerprint density at radius 2 is 1.96 bits per heavy atom. The Hall–Kier alpha value is -2.64. The second-order valence-corrected chi connectivity index (χ2v) is 4.91. The minimum absolute atomic E-state index is 0.0738. The van der Waals surface area contributed by atoms with Crippen LogP contribution in [0.1, 0.15) is 17.3 Å². The summed E-state index contributed by atoms with van der Waals surface area (Å²) in [6.45, 7) is 3.62. The molecule has 23 heavy (non-hydrogen) atoms. The van der Waals surface area contributed by atoms with Crippen molar-refractivity contribution >= 4 is 17.8 Å². The number of amides is 2. The van der Waals surface area contributed by atoms with Crippen molar-refractivity contribution in [2.24, 2.45) is 4.99 Å². The van der Waals surface area contributed by atoms with Gasteiger partial charge in [-0.25, -0.2) is 4.99 Å². The summed E-state index contributed by atoms with van der Waals surface area (Å²) in [5.74, 6) is 0.287. The van der Waals surface area contributed by atoms with Gasteiger partial charge >= 0.3 is 0 Å². The van der Waals surface area contributed by atoms with E-state index in [0.29, 0.717) is 31.2 Å². The molecule has 8 heteroatoms. The predicted octanol–water partition coefficient (Wildman–Crippen LogP) is -0.545. The molecule has 0 aliphatic rings. The average molecular weight is 320 g/mol. The summed E-state index contributed by atoms with van der Waals surface area (Å²) in [6.07, 6.45) is 3.13. The van der Waals surface area contributed by atoms with Gasteiger partial charge in [0.05, 0.1) is 5.56 Å². The monoisotopic (exact) mass is 320 g/mol. The molecule has 1 aromatic rings. The van der Waals surface area contributed by atoms with Crippen LogP contribution in [0.4, 0.5) is 0 Å². The van der Waals surface area contributed by atoms with Gasteiger partial charge in [0.1, 0.15) is 6.54 Å². The van der Waals surface area contributed by atoms with E-state index in [1.807, 2.05) is 6.92 Å². The van der Waals surface area contributed by atoms with E-state index in [0.717, 1.165) is 0 Å². The zero-order valence-electron chi connectivity index (χ0n) is 13.8. The summed E-state index contributed by atoms with van der Waals surface area (Å²) in [4.78, 5) is 32.9. The van der Waals surface area contributed by atoms with Gasteiger partial charge in [0, 0.05) is 46.1 Å². The highest BCUT2D eigenvalue weighted by atomic mass is 16.2. The number of rotatable bonds is 7. The third kappa shape index (κ3) is 7.25. The van der Waals surface area contributed by atoms with Crippen molar-refractivity contribution in [3.63, 3.8) is 0 Å². The first-order valence-corrected chi connectivity index (χ1v) is 7.45. The van der Waals surface area contributed by atoms with Crippen LogP contribution in [0, 0.1) is 0 Å². The molecule has 0 radical (unpaired) electrons. The summed E-state index contributed by atoms with van der Waals surface area (Å²) < 4.78 is 0. The number of nitrogens with one attached hydrogen (secondary N) is 3. The van der Waals surface area contributed by atoms with E-state index < -0.39 is 0 Å². The molecule has 1 rings (SSSR count). The first-order valence-electron chi connectivity index (χ1n) is 7.45. The van der Waals surface area contributed by atoms with Crippen LogP contribution >= 0.6 is 0 Å². The zero-order valence-corrected chi connectivity index (χ0v) is 13.8. The Kier molecular flexibility index (Phi) is 8.12. The molecule has 0 aliphatic carbocycles. The molecule has 0 saturated heterocycles. The van der Waals surface area contributed by atoms with Crippen molar-refractivity contribution in [3.8, 4) is 0 Å². The molecular formula is C15H24N6O2. The van der Waals surface area contributed by atoms with Crippen molar-refractivity contribution in [3.05, 3.63) is 30.1 Å². The lowest BCUT2D eigenvalue weighted by Crippen LogP contribution is -2.42. The Labute approximate surface area is 136 Å². The number of pyridine rings is 1. The fraction of sp³-hybridized carbons (Fsp3) is 0.467. The molecule has 126 valence electrons. The molecule has 0 unspecified atom stereocenters. The van der Waals surface area contributed by atoms with Gasteiger partial charge in [-0.3, -0.25) is 14.6 Å². The SMILES string of the molecule is CCNC(=NCC(=O)N(C)C)NCCNC(=O)c1cccnc1. The van der Waals surface area contributed by atoms with Crippen molar-refractivity contribution in [2.75, 3.05) is 40.3 Å². The summed E-state index contributed by atoms with van der Waals surface area (Å²) >= 11 is 0. The summed E-state index contributed by atoms with van der Waals surface area (Å²) in [5, 5.41) is 8.88. The molecular weight excluding hydrogens is 296 g/mol. The smallest absolute Gasteiger partial charge is 0.252 e. The van der Waals surface area contributed by atoms with Crippen molar-refractivity contribution < 1.29 is 9.59 Å². The average Bonchev–Trinajstić information content (AvgIpc) is 2.56. The number of aromatic nitrogens is 1. The Morgan fingerprint density at radius 3 is 2.57 bits per heavy atom. The van der Waals surface area contributed by atoms with Crippen LogP contribution in [0.15, 0.2) is 29.5 Å². The summed E-state index contributed by atoms with van der Waals surface area (Å²) in [7, 11) is 3.37. The molecule has 0 spiro atoms. The van der Waals surface area contributed by atoms with Gasteiger partial charge in [-0.15, -0.1) is 0 Å². The lowest BCUT2D eigenvalue weighted by Gasteiger charge is -2.13. The first-order chi connectivity index (χ1) is 11.0. The maximum absolute atomic E-state index is 11.8. The Morgan fingerprint density at radius 1 is 1.22 bits per heavy atom. The molecule has 0 aliphatic heterocycles. The third-order valence-corrected chi connectivity index (χ3v) is 2.84. The standard InChI is InChI=1S/C15H24N6O2/c1-4-17-15(20-11-13(22)21(2)3)19-9-8-18-14(23)12-6-5-7-16-10-12/h5-7,10H,4,8-9,11H2,1-3H3,(H,18,23)(H2,17,19,20). The summed E-state index contributed by atoms with van der Waals surface area (Å²) in [6, 6.07) is 3.42. The van der Waals surface area contributed by atoms with E-state index in [2.05, 4.69) is 25.9 Å². The molecule has 0 atom stereocenters. The Bertz CT molecular complexity index is 530. The van der Waals surface area contributed by atoms with E-state index in [-0.39, 0.29) is 18.4 Å². The zero-order chi connectivity index (χ0) is 17.1. The third-order valence-electron chi connectivity index (χ3n) is 2.84. The van der Waals surface area contributed by atoms with Crippen molar-refractivity contribution in [1.29, 1.82) is 0 Å². The number of carbonyl (C=O) groups is 2. The van der Waals surface area contributed by atoms with Gasteiger partial charge in [0.15, 0.2) is 5.96 Å². The van der Waals surface area contributed by atoms with Crippen LogP contribution in [-0.4, -0.2) is 67.9 Å². The number of hydrogen-bond acceptors (Lipinski definition) is 4. The topological polar surface area (TPSA) is 98.7 Å². The van der Waals surface area contributed by atoms with Gasteiger partial charge in [0.2, 0.25) is 5.91 Å². The predicted molar refractivity (Wildman–Crippen MR) is 89.2 cm³/mol. The highest BCUT2D eigenvalue weighted by molar-refractivity contribution is 5.93. The molecule has 8 nitrogen and oxygen atoms in total. The van der Waals surface area contributed by atoms with Crippen LogP contribution in [0.25, 0.3) is 0 Å². The van der Waals surface area contributed by atoms with Gasteiger partial charge < -0.3 is 20.9 Å². The molecule has 3 N–H and O–H groups in total. The molecule has 0 fully saturated rings. The largest absolute Gasteiger partial charge is 0.357 e. The molecule has 0 bridgehead atoms. The van der Waals surface area contributed by atoms with Crippen LogP contribution in [-0.2, 0) is 4.79 Å². The maximum atomic E-state index is 11.8. The van der Waals surface area contributed by atoms with E-state index in [1.54, 1.807) is 32.4 Å². The number of carbonyl (C=O) groups excluding carboxylic acids is 2. The minimum atomic E-state index is -0.176.